The van der Waals surface area contributed by atoms with Crippen LogP contribution in [0.15, 0.2) is 24.3 Å². The van der Waals surface area contributed by atoms with Gasteiger partial charge < -0.3 is 4.90 Å². The van der Waals surface area contributed by atoms with Crippen molar-refractivity contribution in [2.75, 3.05) is 18.5 Å². The van der Waals surface area contributed by atoms with Crippen LogP contribution in [0.25, 0.3) is 0 Å². The van der Waals surface area contributed by atoms with Gasteiger partial charge in [0.15, 0.2) is 0 Å². The number of anilines is 1. The molecule has 1 heteroatoms. The monoisotopic (exact) mass is 205 g/mol. The van der Waals surface area contributed by atoms with Gasteiger partial charge in [0.05, 0.1) is 0 Å². The Bertz CT molecular complexity index is 274. The lowest BCUT2D eigenvalue weighted by atomic mass is 10.0. The fourth-order valence-electron chi connectivity index (χ4n) is 1.56. The molecular formula is C14H23N. The second kappa shape index (κ2) is 5.79. The van der Waals surface area contributed by atoms with Crippen LogP contribution < -0.4 is 4.90 Å². The Morgan fingerprint density at radius 3 is 2.20 bits per heavy atom. The van der Waals surface area contributed by atoms with Gasteiger partial charge in [0.2, 0.25) is 0 Å². The van der Waals surface area contributed by atoms with Crippen LogP contribution in [0.2, 0.25) is 0 Å². The first-order valence-electron chi connectivity index (χ1n) is 5.93. The van der Waals surface area contributed by atoms with Crippen molar-refractivity contribution in [3.05, 3.63) is 29.8 Å². The number of rotatable bonds is 5. The summed E-state index contributed by atoms with van der Waals surface area (Å²) in [5, 5.41) is 0. The summed E-state index contributed by atoms with van der Waals surface area (Å²) in [7, 11) is 2.13. The Kier molecular flexibility index (Phi) is 4.67. The predicted molar refractivity (Wildman–Crippen MR) is 68.5 cm³/mol. The molecule has 0 aliphatic heterocycles. The normalized spacial score (nSPS) is 10.7. The first-order valence-corrected chi connectivity index (χ1v) is 5.93. The predicted octanol–water partition coefficient (Wildman–Crippen LogP) is 3.73. The van der Waals surface area contributed by atoms with Gasteiger partial charge in [-0.3, -0.25) is 0 Å². The molecule has 0 atom stereocenters. The number of aryl methyl sites for hydroxylation is 1. The van der Waals surface area contributed by atoms with E-state index in [-0.39, 0.29) is 0 Å². The first-order chi connectivity index (χ1) is 7.13. The van der Waals surface area contributed by atoms with Crippen molar-refractivity contribution >= 4 is 5.69 Å². The molecule has 0 amide bonds. The molecule has 1 aromatic carbocycles. The summed E-state index contributed by atoms with van der Waals surface area (Å²) in [5.74, 6) is 0.794. The van der Waals surface area contributed by atoms with Gasteiger partial charge in [-0.05, 0) is 43.4 Å². The molecule has 0 unspecified atom stereocenters. The highest BCUT2D eigenvalue weighted by Gasteiger charge is 1.99. The largest absolute Gasteiger partial charge is 0.375 e. The van der Waals surface area contributed by atoms with Crippen molar-refractivity contribution < 1.29 is 0 Å². The van der Waals surface area contributed by atoms with E-state index in [4.69, 9.17) is 0 Å². The highest BCUT2D eigenvalue weighted by molar-refractivity contribution is 5.46. The second-order valence-corrected chi connectivity index (χ2v) is 4.61. The average molecular weight is 205 g/mol. The third-order valence-corrected chi connectivity index (χ3v) is 2.86. The van der Waals surface area contributed by atoms with Crippen LogP contribution in [0.4, 0.5) is 5.69 Å². The smallest absolute Gasteiger partial charge is 0.0363 e. The topological polar surface area (TPSA) is 3.24 Å². The molecule has 84 valence electrons. The summed E-state index contributed by atoms with van der Waals surface area (Å²) < 4.78 is 0. The zero-order chi connectivity index (χ0) is 11.3. The van der Waals surface area contributed by atoms with Crippen molar-refractivity contribution in [2.24, 2.45) is 5.92 Å². The van der Waals surface area contributed by atoms with Gasteiger partial charge in [-0.2, -0.15) is 0 Å². The number of hydrogen-bond donors (Lipinski definition) is 0. The molecule has 0 N–H and O–H groups in total. The lowest BCUT2D eigenvalue weighted by molar-refractivity contribution is 0.587. The zero-order valence-corrected chi connectivity index (χ0v) is 10.5. The van der Waals surface area contributed by atoms with E-state index in [0.29, 0.717) is 0 Å². The quantitative estimate of drug-likeness (QED) is 0.708. The maximum atomic E-state index is 2.28. The minimum atomic E-state index is 0.794. The van der Waals surface area contributed by atoms with Gasteiger partial charge in [0, 0.05) is 19.3 Å². The van der Waals surface area contributed by atoms with Crippen LogP contribution in [-0.2, 0) is 6.42 Å². The zero-order valence-electron chi connectivity index (χ0n) is 10.5. The fraction of sp³-hybridized carbons (Fsp3) is 0.571. The van der Waals surface area contributed by atoms with Crippen LogP contribution in [0.1, 0.15) is 32.8 Å². The molecule has 1 rings (SSSR count). The van der Waals surface area contributed by atoms with Crippen LogP contribution in [0.3, 0.4) is 0 Å². The van der Waals surface area contributed by atoms with Crippen LogP contribution in [0.5, 0.6) is 0 Å². The summed E-state index contributed by atoms with van der Waals surface area (Å²) in [4.78, 5) is 2.26. The molecular weight excluding hydrogens is 182 g/mol. The third kappa shape index (κ3) is 3.94. The molecule has 0 aliphatic rings. The van der Waals surface area contributed by atoms with E-state index in [2.05, 4.69) is 57.0 Å². The van der Waals surface area contributed by atoms with Gasteiger partial charge in [-0.25, -0.2) is 0 Å². The molecule has 0 aliphatic carbocycles. The van der Waals surface area contributed by atoms with Crippen LogP contribution >= 0.6 is 0 Å². The maximum absolute atomic E-state index is 2.28. The van der Waals surface area contributed by atoms with Crippen molar-refractivity contribution in [1.82, 2.24) is 0 Å². The van der Waals surface area contributed by atoms with Crippen LogP contribution in [-0.4, -0.2) is 13.6 Å². The minimum Gasteiger partial charge on any atom is -0.375 e. The van der Waals surface area contributed by atoms with E-state index >= 15 is 0 Å². The molecule has 0 saturated carbocycles. The van der Waals surface area contributed by atoms with E-state index in [0.717, 1.165) is 12.5 Å². The molecule has 0 radical (unpaired) electrons. The van der Waals surface area contributed by atoms with E-state index in [1.807, 2.05) is 0 Å². The summed E-state index contributed by atoms with van der Waals surface area (Å²) in [6.07, 6.45) is 2.48. The van der Waals surface area contributed by atoms with Crippen molar-refractivity contribution in [2.45, 2.75) is 33.6 Å². The molecule has 0 heterocycles. The number of benzene rings is 1. The lowest BCUT2D eigenvalue weighted by Gasteiger charge is -2.17. The molecule has 1 aromatic rings. The molecule has 0 spiro atoms. The number of hydrogen-bond acceptors (Lipinski definition) is 1. The Balaban J connectivity index is 2.56. The Morgan fingerprint density at radius 1 is 1.13 bits per heavy atom. The number of nitrogens with zero attached hydrogens (tertiary/aromatic N) is 1. The molecule has 0 bridgehead atoms. The molecule has 1 nitrogen and oxygen atoms in total. The summed E-state index contributed by atoms with van der Waals surface area (Å²) in [6, 6.07) is 8.95. The Labute approximate surface area is 94.1 Å². The molecule has 0 fully saturated rings. The standard InChI is InChI=1S/C14H23N/c1-5-15(4)14-10-8-13(9-11-14)7-6-12(2)3/h8-12H,5-7H2,1-4H3. The van der Waals surface area contributed by atoms with Gasteiger partial charge in [0.1, 0.15) is 0 Å². The fourth-order valence-corrected chi connectivity index (χ4v) is 1.56. The maximum Gasteiger partial charge on any atom is 0.0363 e. The lowest BCUT2D eigenvalue weighted by Crippen LogP contribution is -2.15. The molecule has 15 heavy (non-hydrogen) atoms. The van der Waals surface area contributed by atoms with Crippen molar-refractivity contribution in [3.63, 3.8) is 0 Å². The van der Waals surface area contributed by atoms with Gasteiger partial charge in [-0.15, -0.1) is 0 Å². The minimum absolute atomic E-state index is 0.794. The Hall–Kier alpha value is -0.980. The summed E-state index contributed by atoms with van der Waals surface area (Å²) in [5.41, 5.74) is 2.77. The van der Waals surface area contributed by atoms with E-state index in [9.17, 15) is 0 Å². The highest BCUT2D eigenvalue weighted by Crippen LogP contribution is 2.15. The summed E-state index contributed by atoms with van der Waals surface area (Å²) >= 11 is 0. The third-order valence-electron chi connectivity index (χ3n) is 2.86. The van der Waals surface area contributed by atoms with Gasteiger partial charge in [-0.1, -0.05) is 26.0 Å². The highest BCUT2D eigenvalue weighted by atomic mass is 15.1. The van der Waals surface area contributed by atoms with Gasteiger partial charge in [0.25, 0.3) is 0 Å². The molecule has 0 saturated heterocycles. The van der Waals surface area contributed by atoms with E-state index in [1.54, 1.807) is 0 Å². The van der Waals surface area contributed by atoms with Crippen molar-refractivity contribution in [3.8, 4) is 0 Å². The average Bonchev–Trinajstić information content (AvgIpc) is 2.26. The summed E-state index contributed by atoms with van der Waals surface area (Å²) in [6.45, 7) is 7.79. The SMILES string of the molecule is CCN(C)c1ccc(CCC(C)C)cc1. The van der Waals surface area contributed by atoms with E-state index < -0.39 is 0 Å². The van der Waals surface area contributed by atoms with Crippen LogP contribution in [0, 0.1) is 5.92 Å². The molecule has 0 aromatic heterocycles. The first kappa shape index (κ1) is 12.1. The van der Waals surface area contributed by atoms with Crippen molar-refractivity contribution in [1.29, 1.82) is 0 Å². The Morgan fingerprint density at radius 2 is 1.73 bits per heavy atom. The van der Waals surface area contributed by atoms with E-state index in [1.165, 1.54) is 24.1 Å². The second-order valence-electron chi connectivity index (χ2n) is 4.61. The van der Waals surface area contributed by atoms with Gasteiger partial charge >= 0.3 is 0 Å².